The van der Waals surface area contributed by atoms with Crippen molar-refractivity contribution in [3.63, 3.8) is 0 Å². The van der Waals surface area contributed by atoms with Gasteiger partial charge in [-0.3, -0.25) is 9.59 Å². The second-order valence-electron chi connectivity index (χ2n) is 6.48. The summed E-state index contributed by atoms with van der Waals surface area (Å²) in [6, 6.07) is 9.10. The maximum atomic E-state index is 12.8. The highest BCUT2D eigenvalue weighted by Gasteiger charge is 2.25. The van der Waals surface area contributed by atoms with E-state index < -0.39 is 29.0 Å². The first kappa shape index (κ1) is 18.8. The first-order valence-corrected chi connectivity index (χ1v) is 9.57. The van der Waals surface area contributed by atoms with Gasteiger partial charge in [-0.1, -0.05) is 24.3 Å². The van der Waals surface area contributed by atoms with E-state index in [4.69, 9.17) is 5.11 Å². The van der Waals surface area contributed by atoms with Gasteiger partial charge in [-0.05, 0) is 29.0 Å². The van der Waals surface area contributed by atoms with Crippen molar-refractivity contribution in [1.29, 1.82) is 0 Å². The minimum absolute atomic E-state index is 0.0440. The highest BCUT2D eigenvalue weighted by molar-refractivity contribution is 7.14. The third-order valence-corrected chi connectivity index (χ3v) is 5.55. The number of amides is 1. The number of carboxylic acids is 1. The van der Waals surface area contributed by atoms with Crippen molar-refractivity contribution in [3.8, 4) is 16.5 Å². The van der Waals surface area contributed by atoms with E-state index in [0.29, 0.717) is 23.5 Å². The Kier molecular flexibility index (Phi) is 4.87. The quantitative estimate of drug-likeness (QED) is 0.437. The number of aromatic amines is 1. The van der Waals surface area contributed by atoms with Gasteiger partial charge in [0.1, 0.15) is 0 Å². The number of aromatic hydroxyl groups is 1. The summed E-state index contributed by atoms with van der Waals surface area (Å²) in [4.78, 5) is 42.4. The number of nitrogens with one attached hydrogen (secondary N) is 3. The van der Waals surface area contributed by atoms with Crippen molar-refractivity contribution < 1.29 is 19.8 Å². The zero-order valence-corrected chi connectivity index (χ0v) is 15.7. The summed E-state index contributed by atoms with van der Waals surface area (Å²) in [6.45, 7) is 0.583. The Balaban J connectivity index is 1.59. The SMILES string of the molecule is O=C(O)c1nc(-c2sccc2NC(=O)C2Cc3ccccc3CN2)[nH]c(=O)c1O. The van der Waals surface area contributed by atoms with Gasteiger partial charge < -0.3 is 25.8 Å². The largest absolute Gasteiger partial charge is 0.501 e. The molecule has 1 aromatic carbocycles. The van der Waals surface area contributed by atoms with E-state index >= 15 is 0 Å². The molecule has 1 amide bonds. The monoisotopic (exact) mass is 412 g/mol. The van der Waals surface area contributed by atoms with E-state index in [-0.39, 0.29) is 11.7 Å². The van der Waals surface area contributed by atoms with Crippen LogP contribution >= 0.6 is 11.3 Å². The Hall–Kier alpha value is -3.50. The number of anilines is 1. The van der Waals surface area contributed by atoms with E-state index in [2.05, 4.69) is 20.6 Å². The summed E-state index contributed by atoms with van der Waals surface area (Å²) in [5, 5.41) is 26.4. The van der Waals surface area contributed by atoms with E-state index in [0.717, 1.165) is 11.1 Å². The molecular weight excluding hydrogens is 396 g/mol. The Morgan fingerprint density at radius 1 is 1.21 bits per heavy atom. The van der Waals surface area contributed by atoms with Crippen LogP contribution in [0.2, 0.25) is 0 Å². The predicted molar refractivity (Wildman–Crippen MR) is 106 cm³/mol. The number of thiophene rings is 1. The molecule has 148 valence electrons. The molecule has 29 heavy (non-hydrogen) atoms. The highest BCUT2D eigenvalue weighted by atomic mass is 32.1. The van der Waals surface area contributed by atoms with Crippen LogP contribution in [0.25, 0.3) is 10.7 Å². The molecule has 9 nitrogen and oxygen atoms in total. The number of hydrogen-bond donors (Lipinski definition) is 5. The molecule has 0 bridgehead atoms. The zero-order chi connectivity index (χ0) is 20.5. The number of aromatic nitrogens is 2. The molecule has 1 aliphatic rings. The van der Waals surface area contributed by atoms with Gasteiger partial charge in [-0.15, -0.1) is 11.3 Å². The average molecular weight is 412 g/mol. The van der Waals surface area contributed by atoms with Crippen LogP contribution in [0, 0.1) is 0 Å². The van der Waals surface area contributed by atoms with Gasteiger partial charge in [0.25, 0.3) is 5.56 Å². The number of aromatic carboxylic acids is 1. The van der Waals surface area contributed by atoms with Gasteiger partial charge >= 0.3 is 5.97 Å². The van der Waals surface area contributed by atoms with Crippen LogP contribution in [0.3, 0.4) is 0 Å². The number of carbonyl (C=O) groups excluding carboxylic acids is 1. The molecule has 0 spiro atoms. The lowest BCUT2D eigenvalue weighted by atomic mass is 9.95. The van der Waals surface area contributed by atoms with Crippen molar-refractivity contribution in [1.82, 2.24) is 15.3 Å². The van der Waals surface area contributed by atoms with Gasteiger partial charge in [0.15, 0.2) is 11.5 Å². The van der Waals surface area contributed by atoms with Gasteiger partial charge in [0, 0.05) is 6.54 Å². The Labute approximate surface area is 168 Å². The number of fused-ring (bicyclic) bond motifs is 1. The Morgan fingerprint density at radius 3 is 2.72 bits per heavy atom. The molecule has 5 N–H and O–H groups in total. The maximum absolute atomic E-state index is 12.8. The topological polar surface area (TPSA) is 144 Å². The summed E-state index contributed by atoms with van der Waals surface area (Å²) in [7, 11) is 0. The van der Waals surface area contributed by atoms with Gasteiger partial charge in [-0.2, -0.15) is 0 Å². The van der Waals surface area contributed by atoms with Crippen molar-refractivity contribution in [2.75, 3.05) is 5.32 Å². The maximum Gasteiger partial charge on any atom is 0.358 e. The van der Waals surface area contributed by atoms with Crippen LogP contribution in [0.4, 0.5) is 5.69 Å². The van der Waals surface area contributed by atoms with E-state index in [1.807, 2.05) is 24.3 Å². The van der Waals surface area contributed by atoms with Gasteiger partial charge in [0.2, 0.25) is 11.7 Å². The van der Waals surface area contributed by atoms with Crippen molar-refractivity contribution in [3.05, 3.63) is 62.9 Å². The number of carbonyl (C=O) groups is 2. The van der Waals surface area contributed by atoms with E-state index in [1.165, 1.54) is 11.3 Å². The lowest BCUT2D eigenvalue weighted by molar-refractivity contribution is -0.118. The first-order chi connectivity index (χ1) is 13.9. The third-order valence-electron chi connectivity index (χ3n) is 4.63. The number of benzene rings is 1. The standard InChI is InChI=1S/C19H16N4O5S/c24-14-13(19(27)28)22-16(23-18(14)26)15-11(5-6-29-15)21-17(25)12-7-9-3-1-2-4-10(9)8-20-12/h1-6,12,20,24H,7-8H2,(H,21,25)(H,27,28)(H,22,23,26). The molecule has 1 aliphatic heterocycles. The lowest BCUT2D eigenvalue weighted by Crippen LogP contribution is -2.44. The highest BCUT2D eigenvalue weighted by Crippen LogP contribution is 2.32. The zero-order valence-electron chi connectivity index (χ0n) is 14.9. The van der Waals surface area contributed by atoms with E-state index in [1.54, 1.807) is 11.4 Å². The molecule has 10 heteroatoms. The Bertz CT molecular complexity index is 1170. The molecule has 0 saturated carbocycles. The van der Waals surface area contributed by atoms with Crippen LogP contribution in [0.5, 0.6) is 5.75 Å². The molecule has 4 rings (SSSR count). The normalized spacial score (nSPS) is 15.5. The number of H-pyrrole nitrogens is 1. The average Bonchev–Trinajstić information content (AvgIpc) is 3.17. The third kappa shape index (κ3) is 3.62. The molecule has 0 saturated heterocycles. The van der Waals surface area contributed by atoms with Crippen molar-refractivity contribution >= 4 is 28.9 Å². The summed E-state index contributed by atoms with van der Waals surface area (Å²) in [6.07, 6.45) is 0.541. The molecule has 1 atom stereocenters. The van der Waals surface area contributed by atoms with Gasteiger partial charge in [-0.25, -0.2) is 9.78 Å². The minimum atomic E-state index is -1.53. The number of hydrogen-bond acceptors (Lipinski definition) is 7. The van der Waals surface area contributed by atoms with Gasteiger partial charge in [0.05, 0.1) is 16.6 Å². The fourth-order valence-corrected chi connectivity index (χ4v) is 3.97. The molecule has 2 aromatic heterocycles. The Morgan fingerprint density at radius 2 is 1.97 bits per heavy atom. The summed E-state index contributed by atoms with van der Waals surface area (Å²) in [5.41, 5.74) is 0.932. The second kappa shape index (κ2) is 7.49. The summed E-state index contributed by atoms with van der Waals surface area (Å²) in [5.74, 6) is -2.79. The smallest absolute Gasteiger partial charge is 0.358 e. The molecule has 3 heterocycles. The molecule has 0 radical (unpaired) electrons. The minimum Gasteiger partial charge on any atom is -0.501 e. The summed E-state index contributed by atoms with van der Waals surface area (Å²) >= 11 is 1.17. The number of nitrogens with zero attached hydrogens (tertiary/aromatic N) is 1. The van der Waals surface area contributed by atoms with Crippen LogP contribution < -0.4 is 16.2 Å². The van der Waals surface area contributed by atoms with Crippen LogP contribution in [-0.2, 0) is 17.8 Å². The number of carboxylic acid groups (broad SMARTS) is 1. The van der Waals surface area contributed by atoms with Crippen LogP contribution in [0.1, 0.15) is 21.6 Å². The molecular formula is C19H16N4O5S. The molecule has 3 aromatic rings. The fraction of sp³-hybridized carbons (Fsp3) is 0.158. The fourth-order valence-electron chi connectivity index (χ4n) is 3.17. The predicted octanol–water partition coefficient (Wildman–Crippen LogP) is 1.56. The molecule has 1 unspecified atom stereocenters. The summed E-state index contributed by atoms with van der Waals surface area (Å²) < 4.78 is 0. The number of rotatable bonds is 4. The molecule has 0 aliphatic carbocycles. The molecule has 0 fully saturated rings. The lowest BCUT2D eigenvalue weighted by Gasteiger charge is -2.25. The second-order valence-corrected chi connectivity index (χ2v) is 7.39. The van der Waals surface area contributed by atoms with Crippen molar-refractivity contribution in [2.45, 2.75) is 19.0 Å². The van der Waals surface area contributed by atoms with Crippen molar-refractivity contribution in [2.24, 2.45) is 0 Å². The van der Waals surface area contributed by atoms with E-state index in [9.17, 15) is 19.5 Å². The van der Waals surface area contributed by atoms with Crippen LogP contribution in [-0.4, -0.2) is 38.1 Å². The first-order valence-electron chi connectivity index (χ1n) is 8.69. The van der Waals surface area contributed by atoms with Crippen LogP contribution in [0.15, 0.2) is 40.5 Å².